The molecule has 2 heterocycles. The second-order valence-electron chi connectivity index (χ2n) is 7.64. The lowest BCUT2D eigenvalue weighted by Crippen LogP contribution is -2.32. The maximum Gasteiger partial charge on any atom is 0.335 e. The van der Waals surface area contributed by atoms with Crippen molar-refractivity contribution in [2.24, 2.45) is 0 Å². The molecule has 0 unspecified atom stereocenters. The van der Waals surface area contributed by atoms with Crippen LogP contribution in [-0.2, 0) is 33.5 Å². The summed E-state index contributed by atoms with van der Waals surface area (Å²) in [6.45, 7) is 5.39. The Morgan fingerprint density at radius 3 is 2.45 bits per heavy atom. The van der Waals surface area contributed by atoms with Crippen LogP contribution in [0.2, 0.25) is 0 Å². The van der Waals surface area contributed by atoms with Crippen LogP contribution in [0.15, 0.2) is 29.4 Å². The van der Waals surface area contributed by atoms with E-state index >= 15 is 0 Å². The summed E-state index contributed by atoms with van der Waals surface area (Å²) < 4.78 is 10.4. The molecule has 1 aromatic heterocycles. The first-order valence-corrected chi connectivity index (χ1v) is 12.7. The number of carbonyl (C=O) groups is 4. The lowest BCUT2D eigenvalue weighted by Gasteiger charge is -2.22. The molecule has 1 aromatic rings. The highest BCUT2D eigenvalue weighted by molar-refractivity contribution is 8.77. The highest BCUT2D eigenvalue weighted by atomic mass is 33.1. The van der Waals surface area contributed by atoms with Gasteiger partial charge in [0.1, 0.15) is 5.03 Å². The Labute approximate surface area is 200 Å². The maximum atomic E-state index is 12.2. The summed E-state index contributed by atoms with van der Waals surface area (Å²) in [5.41, 5.74) is 0. The Morgan fingerprint density at radius 1 is 1.09 bits per heavy atom. The number of hydroxylamine groups is 2. The standard InChI is InChI=1S/C21H29N3O7S2/c1-21(2,33-32-17-5-3-4-9-23-17)15-16(25)22-10-12-30-14-13-29-11-8-20(28)31-24-18(26)6-7-19(24)27/h3-5,9H,6-8,10-15H2,1-2H3,(H,22,25). The van der Waals surface area contributed by atoms with Crippen LogP contribution >= 0.6 is 21.6 Å². The maximum absolute atomic E-state index is 12.2. The van der Waals surface area contributed by atoms with Gasteiger partial charge in [-0.2, -0.15) is 0 Å². The zero-order valence-electron chi connectivity index (χ0n) is 18.7. The molecule has 0 aromatic carbocycles. The number of rotatable bonds is 15. The summed E-state index contributed by atoms with van der Waals surface area (Å²) in [7, 11) is 3.15. The first-order chi connectivity index (χ1) is 15.8. The zero-order chi connectivity index (χ0) is 24.1. The Bertz CT molecular complexity index is 792. The van der Waals surface area contributed by atoms with Crippen molar-refractivity contribution in [3.8, 4) is 0 Å². The number of imide groups is 1. The number of aromatic nitrogens is 1. The molecular formula is C21H29N3O7S2. The molecule has 1 N–H and O–H groups in total. The van der Waals surface area contributed by atoms with Crippen LogP contribution in [0.1, 0.15) is 39.5 Å². The number of nitrogens with zero attached hydrogens (tertiary/aromatic N) is 2. The van der Waals surface area contributed by atoms with Gasteiger partial charge in [-0.05, 0) is 36.8 Å². The van der Waals surface area contributed by atoms with Gasteiger partial charge < -0.3 is 19.6 Å². The average molecular weight is 500 g/mol. The van der Waals surface area contributed by atoms with Crippen LogP contribution in [0.4, 0.5) is 0 Å². The normalized spacial score (nSPS) is 13.9. The summed E-state index contributed by atoms with van der Waals surface area (Å²) in [4.78, 5) is 55.5. The van der Waals surface area contributed by atoms with E-state index in [2.05, 4.69) is 10.3 Å². The highest BCUT2D eigenvalue weighted by Crippen LogP contribution is 2.41. The van der Waals surface area contributed by atoms with Crippen LogP contribution in [-0.4, -0.2) is 71.5 Å². The second kappa shape index (κ2) is 14.2. The highest BCUT2D eigenvalue weighted by Gasteiger charge is 2.32. The van der Waals surface area contributed by atoms with Crippen molar-refractivity contribution in [2.75, 3.05) is 33.0 Å². The number of hydrogen-bond donors (Lipinski definition) is 1. The smallest absolute Gasteiger partial charge is 0.335 e. The molecule has 1 saturated heterocycles. The predicted octanol–water partition coefficient (Wildman–Crippen LogP) is 2.14. The molecule has 0 saturated carbocycles. The molecule has 0 atom stereocenters. The summed E-state index contributed by atoms with van der Waals surface area (Å²) in [5.74, 6) is -1.79. The molecule has 0 radical (unpaired) electrons. The molecule has 2 rings (SSSR count). The molecule has 0 spiro atoms. The van der Waals surface area contributed by atoms with Gasteiger partial charge in [0.05, 0.1) is 32.8 Å². The van der Waals surface area contributed by atoms with Gasteiger partial charge >= 0.3 is 5.97 Å². The fourth-order valence-corrected chi connectivity index (χ4v) is 4.72. The molecule has 1 fully saturated rings. The van der Waals surface area contributed by atoms with Crippen LogP contribution in [0.3, 0.4) is 0 Å². The first-order valence-electron chi connectivity index (χ1n) is 10.5. The van der Waals surface area contributed by atoms with E-state index in [1.165, 1.54) is 0 Å². The first kappa shape index (κ1) is 27.1. The monoisotopic (exact) mass is 499 g/mol. The van der Waals surface area contributed by atoms with Gasteiger partial charge in [0, 0.05) is 36.8 Å². The van der Waals surface area contributed by atoms with Crippen molar-refractivity contribution >= 4 is 45.3 Å². The molecule has 10 nitrogen and oxygen atoms in total. The Kier molecular flexibility index (Phi) is 11.6. The van der Waals surface area contributed by atoms with Crippen LogP contribution < -0.4 is 5.32 Å². The minimum atomic E-state index is -0.707. The summed E-state index contributed by atoms with van der Waals surface area (Å²) in [6, 6.07) is 5.72. The van der Waals surface area contributed by atoms with E-state index in [0.717, 1.165) is 5.03 Å². The molecule has 1 aliphatic rings. The van der Waals surface area contributed by atoms with Crippen LogP contribution in [0.5, 0.6) is 0 Å². The van der Waals surface area contributed by atoms with Crippen molar-refractivity contribution in [3.05, 3.63) is 24.4 Å². The summed E-state index contributed by atoms with van der Waals surface area (Å²) >= 11 is 0. The van der Waals surface area contributed by atoms with Gasteiger partial charge in [-0.1, -0.05) is 16.9 Å². The number of hydrogen-bond acceptors (Lipinski definition) is 10. The van der Waals surface area contributed by atoms with Crippen LogP contribution in [0, 0.1) is 0 Å². The van der Waals surface area contributed by atoms with Crippen LogP contribution in [0.25, 0.3) is 0 Å². The SMILES string of the molecule is CC(C)(CC(=O)NCCOCCOCCC(=O)ON1C(=O)CCC1=O)SSc1ccccn1. The van der Waals surface area contributed by atoms with E-state index in [4.69, 9.17) is 14.3 Å². The van der Waals surface area contributed by atoms with E-state index in [-0.39, 0.29) is 43.1 Å². The summed E-state index contributed by atoms with van der Waals surface area (Å²) in [6.07, 6.45) is 2.14. The Morgan fingerprint density at radius 2 is 1.79 bits per heavy atom. The zero-order valence-corrected chi connectivity index (χ0v) is 20.4. The Balaban J connectivity index is 1.44. The lowest BCUT2D eigenvalue weighted by atomic mass is 10.1. The lowest BCUT2D eigenvalue weighted by molar-refractivity contribution is -0.198. The van der Waals surface area contributed by atoms with Crippen molar-refractivity contribution in [2.45, 2.75) is 49.3 Å². The molecule has 12 heteroatoms. The van der Waals surface area contributed by atoms with E-state index in [1.807, 2.05) is 32.0 Å². The fraction of sp³-hybridized carbons (Fsp3) is 0.571. The second-order valence-corrected chi connectivity index (χ2v) is 10.5. The van der Waals surface area contributed by atoms with E-state index in [0.29, 0.717) is 31.2 Å². The van der Waals surface area contributed by atoms with Gasteiger partial charge in [0.25, 0.3) is 11.8 Å². The molecule has 3 amide bonds. The van der Waals surface area contributed by atoms with Crippen molar-refractivity contribution in [1.82, 2.24) is 15.4 Å². The quantitative estimate of drug-likeness (QED) is 0.218. The van der Waals surface area contributed by atoms with Gasteiger partial charge in [0.2, 0.25) is 5.91 Å². The van der Waals surface area contributed by atoms with Gasteiger partial charge in [-0.15, -0.1) is 5.06 Å². The van der Waals surface area contributed by atoms with Gasteiger partial charge in [0.15, 0.2) is 0 Å². The van der Waals surface area contributed by atoms with E-state index < -0.39 is 17.8 Å². The van der Waals surface area contributed by atoms with Gasteiger partial charge in [-0.25, -0.2) is 9.78 Å². The van der Waals surface area contributed by atoms with Crippen molar-refractivity contribution in [3.63, 3.8) is 0 Å². The molecule has 1 aliphatic heterocycles. The summed E-state index contributed by atoms with van der Waals surface area (Å²) in [5, 5.41) is 4.25. The van der Waals surface area contributed by atoms with Gasteiger partial charge in [-0.3, -0.25) is 14.4 Å². The largest absolute Gasteiger partial charge is 0.378 e. The Hall–Kier alpha value is -2.15. The number of ether oxygens (including phenoxy) is 2. The third-order valence-corrected chi connectivity index (χ3v) is 7.37. The van der Waals surface area contributed by atoms with E-state index in [9.17, 15) is 19.2 Å². The molecule has 0 aliphatic carbocycles. The van der Waals surface area contributed by atoms with E-state index in [1.54, 1.807) is 27.8 Å². The number of carbonyl (C=O) groups excluding carboxylic acids is 4. The third-order valence-electron chi connectivity index (χ3n) is 4.17. The minimum Gasteiger partial charge on any atom is -0.378 e. The number of nitrogens with one attached hydrogen (secondary N) is 1. The fourth-order valence-electron chi connectivity index (χ4n) is 2.58. The molecule has 0 bridgehead atoms. The molecular weight excluding hydrogens is 470 g/mol. The third kappa shape index (κ3) is 11.0. The number of pyridine rings is 1. The number of amides is 3. The molecule has 33 heavy (non-hydrogen) atoms. The molecule has 182 valence electrons. The average Bonchev–Trinajstić information content (AvgIpc) is 3.09. The predicted molar refractivity (Wildman–Crippen MR) is 123 cm³/mol. The van der Waals surface area contributed by atoms with Crippen molar-refractivity contribution in [1.29, 1.82) is 0 Å². The topological polar surface area (TPSA) is 124 Å². The minimum absolute atomic E-state index is 0.0533. The van der Waals surface area contributed by atoms with Crippen molar-refractivity contribution < 1.29 is 33.5 Å².